The van der Waals surface area contributed by atoms with E-state index in [-0.39, 0.29) is 31.1 Å². The maximum atomic E-state index is 12.5. The van der Waals surface area contributed by atoms with Gasteiger partial charge in [-0.05, 0) is 18.6 Å². The predicted octanol–water partition coefficient (Wildman–Crippen LogP) is 3.17. The Balaban J connectivity index is 1.69. The fraction of sp³-hybridized carbons (Fsp3) is 0.250. The van der Waals surface area contributed by atoms with Crippen molar-refractivity contribution in [1.82, 2.24) is 0 Å². The number of carbonyl (C=O) groups excluding carboxylic acids is 2. The number of amides is 1. The Hall–Kier alpha value is -2.95. The molecule has 3 rings (SSSR count). The second-order valence-electron chi connectivity index (χ2n) is 6.24. The van der Waals surface area contributed by atoms with E-state index in [1.165, 1.54) is 4.90 Å². The summed E-state index contributed by atoms with van der Waals surface area (Å²) in [6, 6.07) is 14.3. The van der Waals surface area contributed by atoms with Gasteiger partial charge in [-0.2, -0.15) is 0 Å². The van der Waals surface area contributed by atoms with Crippen molar-refractivity contribution < 1.29 is 19.5 Å². The number of aliphatic carboxylic acids is 1. The van der Waals surface area contributed by atoms with Gasteiger partial charge < -0.3 is 10.0 Å². The summed E-state index contributed by atoms with van der Waals surface area (Å²) in [5.74, 6) is -1.97. The number of hydrogen-bond acceptors (Lipinski definition) is 3. The average Bonchev–Trinajstić information content (AvgIpc) is 3.00. The number of nitrogens with zero attached hydrogens (tertiary/aromatic N) is 1. The maximum absolute atomic E-state index is 12.5. The number of para-hydroxylation sites is 1. The first kappa shape index (κ1) is 16.9. The Labute approximate surface area is 145 Å². The molecule has 2 aromatic carbocycles. The third-order valence-corrected chi connectivity index (χ3v) is 4.51. The zero-order chi connectivity index (χ0) is 18.0. The highest BCUT2D eigenvalue weighted by molar-refractivity contribution is 6.02. The van der Waals surface area contributed by atoms with Gasteiger partial charge in [-0.15, -0.1) is 0 Å². The minimum absolute atomic E-state index is 0.0629. The lowest BCUT2D eigenvalue weighted by molar-refractivity contribution is -0.138. The highest BCUT2D eigenvalue weighted by atomic mass is 16.4. The molecule has 0 saturated carbocycles. The van der Waals surface area contributed by atoms with E-state index in [0.29, 0.717) is 16.8 Å². The second kappa shape index (κ2) is 6.89. The summed E-state index contributed by atoms with van der Waals surface area (Å²) < 4.78 is 0. The molecule has 25 heavy (non-hydrogen) atoms. The van der Waals surface area contributed by atoms with Crippen molar-refractivity contribution in [3.8, 4) is 0 Å². The van der Waals surface area contributed by atoms with E-state index >= 15 is 0 Å². The van der Waals surface area contributed by atoms with Crippen molar-refractivity contribution in [2.24, 2.45) is 0 Å². The number of carboxylic acid groups (broad SMARTS) is 1. The number of carboxylic acids is 1. The molecule has 0 fully saturated rings. The van der Waals surface area contributed by atoms with Crippen molar-refractivity contribution in [3.63, 3.8) is 0 Å². The highest BCUT2D eigenvalue weighted by Gasteiger charge is 2.36. The number of benzene rings is 2. The Morgan fingerprint density at radius 3 is 2.40 bits per heavy atom. The monoisotopic (exact) mass is 337 g/mol. The normalized spacial score (nSPS) is 15.7. The SMILES string of the molecule is Cc1ccc(C(=O)CCC(=O)N2CC(C(=O)O)c3ccccc32)cc1. The van der Waals surface area contributed by atoms with E-state index in [9.17, 15) is 19.5 Å². The summed E-state index contributed by atoms with van der Waals surface area (Å²) in [5, 5.41) is 9.36. The van der Waals surface area contributed by atoms with Crippen molar-refractivity contribution in [3.05, 3.63) is 65.2 Å². The van der Waals surface area contributed by atoms with E-state index in [1.807, 2.05) is 19.1 Å². The summed E-state index contributed by atoms with van der Waals surface area (Å²) in [6.45, 7) is 2.06. The Morgan fingerprint density at radius 1 is 1.04 bits per heavy atom. The molecule has 1 atom stereocenters. The zero-order valence-electron chi connectivity index (χ0n) is 13.9. The molecule has 1 aliphatic heterocycles. The van der Waals surface area contributed by atoms with Crippen LogP contribution in [0.15, 0.2) is 48.5 Å². The van der Waals surface area contributed by atoms with Crippen LogP contribution in [-0.2, 0) is 9.59 Å². The number of aryl methyl sites for hydroxylation is 1. The first-order chi connectivity index (χ1) is 12.0. The van der Waals surface area contributed by atoms with Gasteiger partial charge in [0.05, 0.1) is 0 Å². The second-order valence-corrected chi connectivity index (χ2v) is 6.24. The van der Waals surface area contributed by atoms with Gasteiger partial charge in [0, 0.05) is 30.6 Å². The van der Waals surface area contributed by atoms with E-state index < -0.39 is 11.9 Å². The molecule has 0 bridgehead atoms. The van der Waals surface area contributed by atoms with Crippen LogP contribution in [0, 0.1) is 6.92 Å². The molecule has 5 heteroatoms. The fourth-order valence-corrected chi connectivity index (χ4v) is 3.09. The molecule has 1 N–H and O–H groups in total. The molecule has 1 heterocycles. The minimum atomic E-state index is -0.946. The molecule has 1 amide bonds. The van der Waals surface area contributed by atoms with Gasteiger partial charge in [0.2, 0.25) is 5.91 Å². The van der Waals surface area contributed by atoms with Gasteiger partial charge in [-0.3, -0.25) is 14.4 Å². The Kier molecular flexibility index (Phi) is 4.65. The van der Waals surface area contributed by atoms with Gasteiger partial charge in [0.15, 0.2) is 5.78 Å². The number of fused-ring (bicyclic) bond motifs is 1. The molecule has 1 unspecified atom stereocenters. The predicted molar refractivity (Wildman–Crippen MR) is 93.9 cm³/mol. The highest BCUT2D eigenvalue weighted by Crippen LogP contribution is 2.36. The van der Waals surface area contributed by atoms with Crippen LogP contribution < -0.4 is 4.90 Å². The molecule has 1 aliphatic rings. The number of Topliss-reactive ketones (excluding diaryl/α,β-unsaturated/α-hetero) is 1. The van der Waals surface area contributed by atoms with Gasteiger partial charge >= 0.3 is 5.97 Å². The lowest BCUT2D eigenvalue weighted by Gasteiger charge is -2.17. The molecule has 0 saturated heterocycles. The fourth-order valence-electron chi connectivity index (χ4n) is 3.09. The third kappa shape index (κ3) is 3.45. The molecule has 5 nitrogen and oxygen atoms in total. The smallest absolute Gasteiger partial charge is 0.312 e. The molecular weight excluding hydrogens is 318 g/mol. The van der Waals surface area contributed by atoms with Crippen molar-refractivity contribution in [2.45, 2.75) is 25.7 Å². The van der Waals surface area contributed by atoms with Gasteiger partial charge in [0.1, 0.15) is 5.92 Å². The van der Waals surface area contributed by atoms with E-state index in [1.54, 1.807) is 36.4 Å². The molecule has 2 aromatic rings. The van der Waals surface area contributed by atoms with Crippen LogP contribution in [0.2, 0.25) is 0 Å². The molecule has 0 aromatic heterocycles. The van der Waals surface area contributed by atoms with Crippen LogP contribution in [-0.4, -0.2) is 29.3 Å². The molecular formula is C20H19NO4. The van der Waals surface area contributed by atoms with Gasteiger partial charge in [-0.1, -0.05) is 48.0 Å². The molecule has 0 spiro atoms. The summed E-state index contributed by atoms with van der Waals surface area (Å²) >= 11 is 0. The molecule has 0 radical (unpaired) electrons. The quantitative estimate of drug-likeness (QED) is 0.851. The van der Waals surface area contributed by atoms with Crippen molar-refractivity contribution in [1.29, 1.82) is 0 Å². The van der Waals surface area contributed by atoms with E-state index in [4.69, 9.17) is 0 Å². The van der Waals surface area contributed by atoms with Crippen LogP contribution in [0.5, 0.6) is 0 Å². The number of hydrogen-bond donors (Lipinski definition) is 1. The van der Waals surface area contributed by atoms with Crippen LogP contribution in [0.25, 0.3) is 0 Å². The van der Waals surface area contributed by atoms with Crippen LogP contribution in [0.3, 0.4) is 0 Å². The van der Waals surface area contributed by atoms with Crippen molar-refractivity contribution in [2.75, 3.05) is 11.4 Å². The zero-order valence-corrected chi connectivity index (χ0v) is 13.9. The van der Waals surface area contributed by atoms with E-state index in [0.717, 1.165) is 5.56 Å². The molecule has 0 aliphatic carbocycles. The van der Waals surface area contributed by atoms with Crippen LogP contribution in [0.4, 0.5) is 5.69 Å². The van der Waals surface area contributed by atoms with Gasteiger partial charge in [-0.25, -0.2) is 0 Å². The summed E-state index contributed by atoms with van der Waals surface area (Å²) in [5.41, 5.74) is 2.93. The maximum Gasteiger partial charge on any atom is 0.312 e. The van der Waals surface area contributed by atoms with Gasteiger partial charge in [0.25, 0.3) is 0 Å². The van der Waals surface area contributed by atoms with Crippen LogP contribution >= 0.6 is 0 Å². The summed E-state index contributed by atoms with van der Waals surface area (Å²) in [4.78, 5) is 37.7. The lowest BCUT2D eigenvalue weighted by Crippen LogP contribution is -2.31. The summed E-state index contributed by atoms with van der Waals surface area (Å²) in [6.07, 6.45) is 0.172. The number of ketones is 1. The Morgan fingerprint density at radius 2 is 1.72 bits per heavy atom. The average molecular weight is 337 g/mol. The third-order valence-electron chi connectivity index (χ3n) is 4.51. The summed E-state index contributed by atoms with van der Waals surface area (Å²) in [7, 11) is 0. The largest absolute Gasteiger partial charge is 0.481 e. The van der Waals surface area contributed by atoms with Crippen LogP contribution in [0.1, 0.15) is 40.2 Å². The number of carbonyl (C=O) groups is 3. The standard InChI is InChI=1S/C20H19NO4/c1-13-6-8-14(9-7-13)18(22)10-11-19(23)21-12-16(20(24)25)15-4-2-3-5-17(15)21/h2-9,16H,10-12H2,1H3,(H,24,25). The first-order valence-corrected chi connectivity index (χ1v) is 8.19. The number of anilines is 1. The topological polar surface area (TPSA) is 74.7 Å². The van der Waals surface area contributed by atoms with E-state index in [2.05, 4.69) is 0 Å². The lowest BCUT2D eigenvalue weighted by atomic mass is 10.0. The van der Waals surface area contributed by atoms with Crippen molar-refractivity contribution >= 4 is 23.3 Å². The first-order valence-electron chi connectivity index (χ1n) is 8.19. The number of rotatable bonds is 5. The minimum Gasteiger partial charge on any atom is -0.481 e. The Bertz CT molecular complexity index is 826. The molecule has 128 valence electrons.